The lowest BCUT2D eigenvalue weighted by Gasteiger charge is -2.30. The first-order valence-corrected chi connectivity index (χ1v) is 6.15. The minimum atomic E-state index is -0.201. The van der Waals surface area contributed by atoms with Crippen molar-refractivity contribution < 1.29 is 14.3 Å². The molecule has 3 amide bonds. The van der Waals surface area contributed by atoms with Gasteiger partial charge in [0.2, 0.25) is 5.91 Å². The van der Waals surface area contributed by atoms with E-state index < -0.39 is 0 Å². The zero-order valence-electron chi connectivity index (χ0n) is 11.6. The number of hydrogen-bond donors (Lipinski definition) is 2. The molecule has 6 nitrogen and oxygen atoms in total. The second-order valence-corrected chi connectivity index (χ2v) is 5.83. The van der Waals surface area contributed by atoms with Crippen molar-refractivity contribution in [3.8, 4) is 0 Å². The Morgan fingerprint density at radius 1 is 1.44 bits per heavy atom. The standard InChI is InChI=1S/C12H23N3O3/c1-12(2,3)8-14-11(17)13-5-9-6-15(4)10(16)7-18-9/h9H,5-8H2,1-4H3,(H2,13,14,17). The van der Waals surface area contributed by atoms with Crippen molar-refractivity contribution >= 4 is 11.9 Å². The molecule has 18 heavy (non-hydrogen) atoms. The average molecular weight is 257 g/mol. The smallest absolute Gasteiger partial charge is 0.314 e. The maximum Gasteiger partial charge on any atom is 0.314 e. The molecule has 1 rings (SSSR count). The molecule has 1 saturated heterocycles. The SMILES string of the molecule is CN1CC(CNC(=O)NCC(C)(C)C)OCC1=O. The molecular weight excluding hydrogens is 234 g/mol. The summed E-state index contributed by atoms with van der Waals surface area (Å²) < 4.78 is 5.32. The Kier molecular flexibility index (Phi) is 4.95. The minimum absolute atomic E-state index is 0.0246. The third kappa shape index (κ3) is 5.35. The van der Waals surface area contributed by atoms with E-state index in [1.807, 2.05) is 0 Å². The van der Waals surface area contributed by atoms with E-state index in [1.165, 1.54) is 0 Å². The number of carbonyl (C=O) groups excluding carboxylic acids is 2. The van der Waals surface area contributed by atoms with E-state index in [1.54, 1.807) is 11.9 Å². The lowest BCUT2D eigenvalue weighted by molar-refractivity contribution is -0.146. The second kappa shape index (κ2) is 6.04. The maximum atomic E-state index is 11.5. The molecule has 0 aromatic rings. The van der Waals surface area contributed by atoms with Gasteiger partial charge in [0.1, 0.15) is 6.61 Å². The fraction of sp³-hybridized carbons (Fsp3) is 0.833. The lowest BCUT2D eigenvalue weighted by atomic mass is 9.97. The van der Waals surface area contributed by atoms with Crippen LogP contribution in [0.4, 0.5) is 4.79 Å². The van der Waals surface area contributed by atoms with Crippen molar-refractivity contribution in [1.82, 2.24) is 15.5 Å². The van der Waals surface area contributed by atoms with E-state index in [9.17, 15) is 9.59 Å². The molecule has 0 bridgehead atoms. The van der Waals surface area contributed by atoms with Crippen LogP contribution in [0.25, 0.3) is 0 Å². The van der Waals surface area contributed by atoms with Gasteiger partial charge >= 0.3 is 6.03 Å². The van der Waals surface area contributed by atoms with Crippen LogP contribution in [0.15, 0.2) is 0 Å². The van der Waals surface area contributed by atoms with Gasteiger partial charge in [0.25, 0.3) is 0 Å². The molecule has 1 aliphatic rings. The summed E-state index contributed by atoms with van der Waals surface area (Å²) in [4.78, 5) is 24.3. The molecule has 0 radical (unpaired) electrons. The maximum absolute atomic E-state index is 11.5. The van der Waals surface area contributed by atoms with Crippen molar-refractivity contribution in [1.29, 1.82) is 0 Å². The molecule has 1 heterocycles. The van der Waals surface area contributed by atoms with Gasteiger partial charge in [-0.1, -0.05) is 20.8 Å². The first kappa shape index (κ1) is 14.8. The van der Waals surface area contributed by atoms with Gasteiger partial charge in [-0.15, -0.1) is 0 Å². The summed E-state index contributed by atoms with van der Waals surface area (Å²) >= 11 is 0. The first-order valence-electron chi connectivity index (χ1n) is 6.15. The summed E-state index contributed by atoms with van der Waals surface area (Å²) in [6.07, 6.45) is -0.131. The van der Waals surface area contributed by atoms with Crippen molar-refractivity contribution in [2.24, 2.45) is 5.41 Å². The van der Waals surface area contributed by atoms with Gasteiger partial charge in [-0.2, -0.15) is 0 Å². The predicted octanol–water partition coefficient (Wildman–Crippen LogP) is 0.189. The number of morpholine rings is 1. The highest BCUT2D eigenvalue weighted by Crippen LogP contribution is 2.09. The number of urea groups is 1. The van der Waals surface area contributed by atoms with Crippen LogP contribution in [0.5, 0.6) is 0 Å². The molecule has 1 atom stereocenters. The second-order valence-electron chi connectivity index (χ2n) is 5.83. The van der Waals surface area contributed by atoms with E-state index in [0.29, 0.717) is 19.6 Å². The van der Waals surface area contributed by atoms with Crippen LogP contribution in [0, 0.1) is 5.41 Å². The Hall–Kier alpha value is -1.30. The van der Waals surface area contributed by atoms with E-state index >= 15 is 0 Å². The highest BCUT2D eigenvalue weighted by molar-refractivity contribution is 5.78. The van der Waals surface area contributed by atoms with Gasteiger partial charge in [0, 0.05) is 26.7 Å². The van der Waals surface area contributed by atoms with Crippen molar-refractivity contribution in [3.05, 3.63) is 0 Å². The molecule has 6 heteroatoms. The first-order chi connectivity index (χ1) is 8.28. The molecule has 104 valence electrons. The Morgan fingerprint density at radius 2 is 2.11 bits per heavy atom. The van der Waals surface area contributed by atoms with Gasteiger partial charge in [-0.3, -0.25) is 4.79 Å². The zero-order chi connectivity index (χ0) is 13.8. The quantitative estimate of drug-likeness (QED) is 0.758. The molecule has 0 spiro atoms. The van der Waals surface area contributed by atoms with Crippen LogP contribution < -0.4 is 10.6 Å². The Morgan fingerprint density at radius 3 is 2.67 bits per heavy atom. The number of carbonyl (C=O) groups is 2. The van der Waals surface area contributed by atoms with Gasteiger partial charge in [0.15, 0.2) is 0 Å². The summed E-state index contributed by atoms with van der Waals surface area (Å²) in [5, 5.41) is 5.54. The Labute approximate surface area is 108 Å². The van der Waals surface area contributed by atoms with Crippen LogP contribution in [-0.4, -0.2) is 56.2 Å². The fourth-order valence-electron chi connectivity index (χ4n) is 1.50. The summed E-state index contributed by atoms with van der Waals surface area (Å²) in [6.45, 7) is 7.79. The molecule has 0 aliphatic carbocycles. The number of hydrogen-bond acceptors (Lipinski definition) is 3. The number of ether oxygens (including phenoxy) is 1. The largest absolute Gasteiger partial charge is 0.365 e. The van der Waals surface area contributed by atoms with E-state index in [-0.39, 0.29) is 30.1 Å². The Bertz CT molecular complexity index is 312. The lowest BCUT2D eigenvalue weighted by Crippen LogP contribution is -2.50. The molecule has 1 aliphatic heterocycles. The van der Waals surface area contributed by atoms with Crippen molar-refractivity contribution in [2.75, 3.05) is 33.3 Å². The number of rotatable bonds is 3. The van der Waals surface area contributed by atoms with Crippen LogP contribution in [0.3, 0.4) is 0 Å². The molecule has 1 unspecified atom stereocenters. The van der Waals surface area contributed by atoms with Gasteiger partial charge < -0.3 is 20.3 Å². The van der Waals surface area contributed by atoms with Crippen molar-refractivity contribution in [2.45, 2.75) is 26.9 Å². The van der Waals surface area contributed by atoms with E-state index in [4.69, 9.17) is 4.74 Å². The van der Waals surface area contributed by atoms with Gasteiger partial charge in [0.05, 0.1) is 6.10 Å². The Balaban J connectivity index is 2.21. The fourth-order valence-corrected chi connectivity index (χ4v) is 1.50. The normalized spacial score (nSPS) is 20.8. The van der Waals surface area contributed by atoms with Crippen LogP contribution in [0.1, 0.15) is 20.8 Å². The zero-order valence-corrected chi connectivity index (χ0v) is 11.6. The molecule has 0 aromatic heterocycles. The van der Waals surface area contributed by atoms with E-state index in [2.05, 4.69) is 31.4 Å². The third-order valence-corrected chi connectivity index (χ3v) is 2.62. The summed E-state index contributed by atoms with van der Waals surface area (Å²) in [6, 6.07) is -0.201. The van der Waals surface area contributed by atoms with Crippen LogP contribution in [-0.2, 0) is 9.53 Å². The van der Waals surface area contributed by atoms with Crippen LogP contribution >= 0.6 is 0 Å². The molecule has 0 saturated carbocycles. The third-order valence-electron chi connectivity index (χ3n) is 2.62. The van der Waals surface area contributed by atoms with Crippen LogP contribution in [0.2, 0.25) is 0 Å². The van der Waals surface area contributed by atoms with E-state index in [0.717, 1.165) is 0 Å². The molecular formula is C12H23N3O3. The van der Waals surface area contributed by atoms with Gasteiger partial charge in [-0.05, 0) is 5.41 Å². The topological polar surface area (TPSA) is 70.7 Å². The molecule has 1 fully saturated rings. The molecule has 0 aromatic carbocycles. The summed E-state index contributed by atoms with van der Waals surface area (Å²) in [5.41, 5.74) is 0.0608. The number of nitrogens with zero attached hydrogens (tertiary/aromatic N) is 1. The highest BCUT2D eigenvalue weighted by Gasteiger charge is 2.23. The monoisotopic (exact) mass is 257 g/mol. The highest BCUT2D eigenvalue weighted by atomic mass is 16.5. The minimum Gasteiger partial charge on any atom is -0.365 e. The predicted molar refractivity (Wildman–Crippen MR) is 68.2 cm³/mol. The number of amides is 3. The average Bonchev–Trinajstić information content (AvgIpc) is 2.27. The summed E-state index contributed by atoms with van der Waals surface area (Å²) in [5.74, 6) is -0.0246. The van der Waals surface area contributed by atoms with Crippen molar-refractivity contribution in [3.63, 3.8) is 0 Å². The number of nitrogens with one attached hydrogen (secondary N) is 2. The number of likely N-dealkylation sites (N-methyl/N-ethyl adjacent to an activating group) is 1. The van der Waals surface area contributed by atoms with Gasteiger partial charge in [-0.25, -0.2) is 4.79 Å². The molecule has 2 N–H and O–H groups in total. The summed E-state index contributed by atoms with van der Waals surface area (Å²) in [7, 11) is 1.73.